The molecule has 3 heteroatoms. The first kappa shape index (κ1) is 14.2. The summed E-state index contributed by atoms with van der Waals surface area (Å²) in [5, 5.41) is 0.822. The Bertz CT molecular complexity index is 126. The predicted molar refractivity (Wildman–Crippen MR) is 76.5 cm³/mol. The highest BCUT2D eigenvalue weighted by Crippen LogP contribution is 2.43. The van der Waals surface area contributed by atoms with Crippen LogP contribution in [0.4, 0.5) is 0 Å². The molecule has 0 aliphatic rings. The second kappa shape index (κ2) is 5.95. The van der Waals surface area contributed by atoms with E-state index in [0.717, 1.165) is 0 Å². The zero-order valence-corrected chi connectivity index (χ0v) is 12.7. The van der Waals surface area contributed by atoms with Crippen molar-refractivity contribution < 1.29 is 0 Å². The van der Waals surface area contributed by atoms with Crippen molar-refractivity contribution in [3.63, 3.8) is 0 Å². The Labute approximate surface area is 101 Å². The van der Waals surface area contributed by atoms with Crippen LogP contribution in [0.5, 0.6) is 0 Å². The fourth-order valence-corrected chi connectivity index (χ4v) is 2.55. The summed E-state index contributed by atoms with van der Waals surface area (Å²) in [6.45, 7) is 9.30. The molecular formula is C10H22BIP. The third kappa shape index (κ3) is 4.51. The van der Waals surface area contributed by atoms with Gasteiger partial charge in [0.25, 0.3) is 0 Å². The van der Waals surface area contributed by atoms with E-state index in [4.69, 9.17) is 0 Å². The Kier molecular flexibility index (Phi) is 6.51. The zero-order valence-electron chi connectivity index (χ0n) is 9.36. The van der Waals surface area contributed by atoms with Crippen LogP contribution in [0.1, 0.15) is 40.5 Å². The van der Waals surface area contributed by atoms with Crippen molar-refractivity contribution in [1.29, 1.82) is 0 Å². The summed E-state index contributed by atoms with van der Waals surface area (Å²) in [5.74, 6) is 0. The third-order valence-corrected chi connectivity index (χ3v) is 5.76. The molecule has 0 amide bonds. The molecule has 0 rings (SSSR count). The minimum absolute atomic E-state index is 0.403. The molecule has 0 fully saturated rings. The minimum atomic E-state index is 0.403. The molecule has 3 unspecified atom stereocenters. The number of rotatable bonds is 6. The van der Waals surface area contributed by atoms with Crippen molar-refractivity contribution in [2.24, 2.45) is 0 Å². The number of hydrogen-bond acceptors (Lipinski definition) is 0. The molecule has 0 saturated heterocycles. The largest absolute Gasteiger partial charge is 0.138 e. The lowest BCUT2D eigenvalue weighted by atomic mass is 9.39. The van der Waals surface area contributed by atoms with Gasteiger partial charge in [0.2, 0.25) is 0 Å². The molecule has 0 bridgehead atoms. The van der Waals surface area contributed by atoms with Gasteiger partial charge in [-0.15, -0.1) is 9.24 Å². The summed E-state index contributed by atoms with van der Waals surface area (Å²) in [5.41, 5.74) is 0. The molecule has 0 spiro atoms. The first-order valence-electron chi connectivity index (χ1n) is 5.08. The highest BCUT2D eigenvalue weighted by Gasteiger charge is 2.32. The van der Waals surface area contributed by atoms with Gasteiger partial charge in [-0.05, 0) is 10.6 Å². The van der Waals surface area contributed by atoms with E-state index in [0.29, 0.717) is 10.6 Å². The van der Waals surface area contributed by atoms with Gasteiger partial charge in [-0.3, -0.25) is 0 Å². The molecule has 1 radical (unpaired) electrons. The second-order valence-electron chi connectivity index (χ2n) is 4.50. The van der Waals surface area contributed by atoms with Gasteiger partial charge in [0, 0.05) is 0 Å². The van der Waals surface area contributed by atoms with Crippen molar-refractivity contribution in [2.75, 3.05) is 10.6 Å². The van der Waals surface area contributed by atoms with Crippen LogP contribution < -0.4 is 0 Å². The average molecular weight is 311 g/mol. The summed E-state index contributed by atoms with van der Waals surface area (Å²) in [7, 11) is 5.45. The van der Waals surface area contributed by atoms with Crippen molar-refractivity contribution in [3.05, 3.63) is 0 Å². The SMILES string of the molecule is CCC(C)([B]C(C)(CC)CI)CP. The molecule has 0 aliphatic carbocycles. The van der Waals surface area contributed by atoms with Gasteiger partial charge in [0.05, 0.1) is 0 Å². The molecule has 0 saturated carbocycles. The van der Waals surface area contributed by atoms with Gasteiger partial charge >= 0.3 is 0 Å². The minimum Gasteiger partial charge on any atom is -0.138 e. The molecule has 77 valence electrons. The molecule has 0 aromatic heterocycles. The van der Waals surface area contributed by atoms with Gasteiger partial charge in [-0.25, -0.2) is 0 Å². The van der Waals surface area contributed by atoms with Crippen LogP contribution in [0, 0.1) is 0 Å². The van der Waals surface area contributed by atoms with Gasteiger partial charge < -0.3 is 0 Å². The molecule has 0 N–H and O–H groups in total. The van der Waals surface area contributed by atoms with Gasteiger partial charge in [-0.2, -0.15) is 0 Å². The summed E-state index contributed by atoms with van der Waals surface area (Å²) in [4.78, 5) is 0. The molecule has 3 atom stereocenters. The highest BCUT2D eigenvalue weighted by atomic mass is 127. The van der Waals surface area contributed by atoms with Crippen LogP contribution in [0.3, 0.4) is 0 Å². The van der Waals surface area contributed by atoms with Crippen molar-refractivity contribution in [1.82, 2.24) is 0 Å². The van der Waals surface area contributed by atoms with E-state index in [1.54, 1.807) is 0 Å². The van der Waals surface area contributed by atoms with Crippen LogP contribution in [0.25, 0.3) is 0 Å². The lowest BCUT2D eigenvalue weighted by Gasteiger charge is -2.36. The molecule has 0 heterocycles. The Morgan fingerprint density at radius 3 is 1.85 bits per heavy atom. The van der Waals surface area contributed by atoms with Crippen LogP contribution in [0.2, 0.25) is 10.6 Å². The molecular weight excluding hydrogens is 289 g/mol. The molecule has 0 aromatic rings. The van der Waals surface area contributed by atoms with Crippen molar-refractivity contribution >= 4 is 39.1 Å². The van der Waals surface area contributed by atoms with Gasteiger partial charge in [0.1, 0.15) is 7.28 Å². The Balaban J connectivity index is 4.36. The second-order valence-corrected chi connectivity index (χ2v) is 5.67. The normalized spacial score (nSPS) is 20.5. The van der Waals surface area contributed by atoms with Crippen LogP contribution in [0.15, 0.2) is 0 Å². The lowest BCUT2D eigenvalue weighted by Crippen LogP contribution is -2.29. The molecule has 0 nitrogen and oxygen atoms in total. The molecule has 13 heavy (non-hydrogen) atoms. The molecule has 0 aromatic carbocycles. The monoisotopic (exact) mass is 311 g/mol. The Hall–Kier alpha value is 1.22. The smallest absolute Gasteiger partial charge is 0.127 e. The third-order valence-electron chi connectivity index (χ3n) is 3.08. The highest BCUT2D eigenvalue weighted by molar-refractivity contribution is 14.1. The van der Waals surface area contributed by atoms with E-state index < -0.39 is 0 Å². The summed E-state index contributed by atoms with van der Waals surface area (Å²) in [6, 6.07) is 0. The Morgan fingerprint density at radius 2 is 1.62 bits per heavy atom. The van der Waals surface area contributed by atoms with Crippen molar-refractivity contribution in [3.8, 4) is 0 Å². The standard InChI is InChI=1S/C10H22BIP/c1-5-9(3,7-12)11-10(4,6-2)8-13/h5-8,13H2,1-4H3. The lowest BCUT2D eigenvalue weighted by molar-refractivity contribution is 0.585. The van der Waals surface area contributed by atoms with Crippen LogP contribution in [-0.2, 0) is 0 Å². The van der Waals surface area contributed by atoms with Gasteiger partial charge in [0.15, 0.2) is 0 Å². The van der Waals surface area contributed by atoms with E-state index >= 15 is 0 Å². The topological polar surface area (TPSA) is 0 Å². The maximum Gasteiger partial charge on any atom is 0.127 e. The van der Waals surface area contributed by atoms with E-state index in [-0.39, 0.29) is 0 Å². The van der Waals surface area contributed by atoms with E-state index in [2.05, 4.69) is 66.8 Å². The first-order valence-corrected chi connectivity index (χ1v) is 7.42. The summed E-state index contributed by atoms with van der Waals surface area (Å²) < 4.78 is 1.22. The van der Waals surface area contributed by atoms with E-state index in [1.165, 1.54) is 23.4 Å². The van der Waals surface area contributed by atoms with Crippen molar-refractivity contribution in [2.45, 2.75) is 51.2 Å². The van der Waals surface area contributed by atoms with Gasteiger partial charge in [-0.1, -0.05) is 73.8 Å². The average Bonchev–Trinajstić information content (AvgIpc) is 2.17. The molecule has 0 aliphatic heterocycles. The summed E-state index contributed by atoms with van der Waals surface area (Å²) in [6.07, 6.45) is 3.66. The number of alkyl halides is 1. The number of halogens is 1. The first-order chi connectivity index (χ1) is 5.95. The number of hydrogen-bond donors (Lipinski definition) is 0. The van der Waals surface area contributed by atoms with E-state index in [9.17, 15) is 0 Å². The quantitative estimate of drug-likeness (QED) is 0.299. The fraction of sp³-hybridized carbons (Fsp3) is 1.00. The maximum atomic E-state index is 2.88. The van der Waals surface area contributed by atoms with Crippen LogP contribution in [-0.4, -0.2) is 17.9 Å². The van der Waals surface area contributed by atoms with Crippen LogP contribution >= 0.6 is 31.8 Å². The van der Waals surface area contributed by atoms with E-state index in [1.807, 2.05) is 0 Å². The fourth-order valence-electron chi connectivity index (χ4n) is 1.38. The maximum absolute atomic E-state index is 2.88. The Morgan fingerprint density at radius 1 is 1.15 bits per heavy atom. The predicted octanol–water partition coefficient (Wildman–Crippen LogP) is 4.18. The zero-order chi connectivity index (χ0) is 10.5. The summed E-state index contributed by atoms with van der Waals surface area (Å²) >= 11 is 2.50.